The third kappa shape index (κ3) is 6.09. The number of nitrogen functional groups attached to an aromatic ring is 1. The number of rotatable bonds is 6. The maximum atomic E-state index is 11.8. The molecule has 19 heavy (non-hydrogen) atoms. The van der Waals surface area contributed by atoms with Gasteiger partial charge in [-0.1, -0.05) is 25.4 Å². The molecule has 0 saturated heterocycles. The van der Waals surface area contributed by atoms with E-state index in [9.17, 15) is 4.79 Å². The third-order valence-electron chi connectivity index (χ3n) is 2.75. The van der Waals surface area contributed by atoms with E-state index < -0.39 is 5.97 Å². The van der Waals surface area contributed by atoms with Crippen LogP contribution in [0.2, 0.25) is 5.02 Å². The van der Waals surface area contributed by atoms with E-state index in [0.717, 1.165) is 19.6 Å². The number of carbonyl (C=O) groups is 1. The maximum absolute atomic E-state index is 11.8. The normalized spacial score (nSPS) is 10.1. The Morgan fingerprint density at radius 3 is 2.53 bits per heavy atom. The molecule has 0 spiro atoms. The van der Waals surface area contributed by atoms with Crippen LogP contribution in [0.25, 0.3) is 0 Å². The number of ether oxygens (including phenoxy) is 1. The van der Waals surface area contributed by atoms with Crippen molar-refractivity contribution in [2.75, 3.05) is 32.0 Å². The molecule has 1 aromatic rings. The van der Waals surface area contributed by atoms with Gasteiger partial charge in [-0.3, -0.25) is 0 Å². The van der Waals surface area contributed by atoms with Crippen molar-refractivity contribution in [2.45, 2.75) is 13.8 Å². The quantitative estimate of drug-likeness (QED) is 0.382. The Morgan fingerprint density at radius 1 is 1.37 bits per heavy atom. The predicted octanol–water partition coefficient (Wildman–Crippen LogP) is 1.50. The first-order valence-corrected chi connectivity index (χ1v) is 6.40. The van der Waals surface area contributed by atoms with Gasteiger partial charge in [0.1, 0.15) is 6.61 Å². The number of likely N-dealkylation sites (N-methyl/N-ethyl adjacent to an activating group) is 1. The summed E-state index contributed by atoms with van der Waals surface area (Å²) in [5, 5.41) is 0.322. The number of nitrogens with two attached hydrogens (primary N) is 1. The number of halogens is 1. The van der Waals surface area contributed by atoms with Crippen LogP contribution in [-0.2, 0) is 4.74 Å². The second-order valence-electron chi connectivity index (χ2n) is 3.90. The molecule has 1 rings (SSSR count). The standard InChI is InChI=1S/C13H19ClN2O2.Pb.2H/c1-3-16(4-2)7-8-18-13(17)11-6-5-10(15)9-12(11)14;;;/h5-6,9H,3-4,7-8,15H2,1-2H3;;;. The molecular weight excluding hydrogens is 459 g/mol. The Balaban J connectivity index is 0.00000324. The Bertz CT molecular complexity index is 412. The molecule has 1 aromatic carbocycles. The van der Waals surface area contributed by atoms with Crippen molar-refractivity contribution in [2.24, 2.45) is 0 Å². The summed E-state index contributed by atoms with van der Waals surface area (Å²) in [5.74, 6) is -0.410. The second-order valence-corrected chi connectivity index (χ2v) is 4.31. The molecule has 2 radical (unpaired) electrons. The summed E-state index contributed by atoms with van der Waals surface area (Å²) >= 11 is 5.93. The van der Waals surface area contributed by atoms with Crippen molar-refractivity contribution < 1.29 is 9.53 Å². The predicted molar refractivity (Wildman–Crippen MR) is 82.5 cm³/mol. The average Bonchev–Trinajstić information content (AvgIpc) is 2.34. The van der Waals surface area contributed by atoms with Gasteiger partial charge in [0.15, 0.2) is 0 Å². The van der Waals surface area contributed by atoms with E-state index in [2.05, 4.69) is 18.7 Å². The summed E-state index contributed by atoms with van der Waals surface area (Å²) in [6.45, 7) is 7.12. The van der Waals surface area contributed by atoms with Crippen LogP contribution < -0.4 is 5.73 Å². The summed E-state index contributed by atoms with van der Waals surface area (Å²) in [6, 6.07) is 4.76. The van der Waals surface area contributed by atoms with Gasteiger partial charge in [-0.05, 0) is 31.3 Å². The van der Waals surface area contributed by atoms with Crippen LogP contribution in [-0.4, -0.2) is 64.4 Å². The van der Waals surface area contributed by atoms with Gasteiger partial charge < -0.3 is 15.4 Å². The van der Waals surface area contributed by atoms with E-state index in [1.807, 2.05) is 0 Å². The molecule has 0 aliphatic carbocycles. The molecule has 2 N–H and O–H groups in total. The second kappa shape index (κ2) is 9.55. The number of anilines is 1. The number of benzene rings is 1. The molecule has 0 aliphatic heterocycles. The molecule has 0 unspecified atom stereocenters. The van der Waals surface area contributed by atoms with Crippen molar-refractivity contribution in [1.82, 2.24) is 4.90 Å². The van der Waals surface area contributed by atoms with Crippen LogP contribution in [0.5, 0.6) is 0 Å². The first-order valence-electron chi connectivity index (χ1n) is 6.03. The van der Waals surface area contributed by atoms with Gasteiger partial charge in [-0.25, -0.2) is 4.79 Å². The molecule has 6 heteroatoms. The minimum absolute atomic E-state index is 0. The van der Waals surface area contributed by atoms with Crippen LogP contribution in [0.4, 0.5) is 5.69 Å². The molecule has 0 bridgehead atoms. The topological polar surface area (TPSA) is 55.6 Å². The van der Waals surface area contributed by atoms with Crippen molar-refractivity contribution in [1.29, 1.82) is 0 Å². The monoisotopic (exact) mass is 480 g/mol. The fourth-order valence-electron chi connectivity index (χ4n) is 1.58. The van der Waals surface area contributed by atoms with Crippen molar-refractivity contribution in [3.8, 4) is 0 Å². The van der Waals surface area contributed by atoms with Gasteiger partial charge in [0.2, 0.25) is 0 Å². The van der Waals surface area contributed by atoms with Crippen LogP contribution in [0.15, 0.2) is 18.2 Å². The van der Waals surface area contributed by atoms with Crippen LogP contribution >= 0.6 is 11.6 Å². The van der Waals surface area contributed by atoms with E-state index in [1.54, 1.807) is 18.2 Å². The molecule has 0 amide bonds. The first-order chi connectivity index (χ1) is 8.58. The molecule has 0 aliphatic rings. The molecule has 0 aromatic heterocycles. The number of nitrogens with zero attached hydrogens (tertiary/aromatic N) is 1. The van der Waals surface area contributed by atoms with Crippen LogP contribution in [0.1, 0.15) is 24.2 Å². The molecule has 4 nitrogen and oxygen atoms in total. The number of carbonyl (C=O) groups excluding carboxylic acids is 1. The van der Waals surface area contributed by atoms with Crippen molar-refractivity contribution in [3.63, 3.8) is 0 Å². The van der Waals surface area contributed by atoms with Crippen LogP contribution in [0.3, 0.4) is 0 Å². The first kappa shape index (κ1) is 18.7. The zero-order valence-electron chi connectivity index (χ0n) is 11.5. The Hall–Kier alpha value is -0.338. The van der Waals surface area contributed by atoms with Gasteiger partial charge in [-0.2, -0.15) is 0 Å². The van der Waals surface area contributed by atoms with Gasteiger partial charge >= 0.3 is 33.3 Å². The zero-order chi connectivity index (χ0) is 13.5. The molecular formula is C13H21ClN2O2Pb. The van der Waals surface area contributed by atoms with E-state index in [1.165, 1.54) is 0 Å². The number of hydrogen-bond acceptors (Lipinski definition) is 4. The summed E-state index contributed by atoms with van der Waals surface area (Å²) in [4.78, 5) is 13.9. The SMILES string of the molecule is CCN(CC)CCOC(=O)c1ccc(N)cc1Cl.[PbH2]. The minimum atomic E-state index is -0.410. The number of hydrogen-bond donors (Lipinski definition) is 1. The number of esters is 1. The van der Waals surface area contributed by atoms with Gasteiger partial charge in [0.05, 0.1) is 10.6 Å². The van der Waals surface area contributed by atoms with Crippen molar-refractivity contribution in [3.05, 3.63) is 28.8 Å². The van der Waals surface area contributed by atoms with E-state index in [0.29, 0.717) is 22.9 Å². The van der Waals surface area contributed by atoms with E-state index in [-0.39, 0.29) is 27.3 Å². The van der Waals surface area contributed by atoms with Gasteiger partial charge in [0.25, 0.3) is 0 Å². The third-order valence-corrected chi connectivity index (χ3v) is 3.06. The van der Waals surface area contributed by atoms with Gasteiger partial charge in [0, 0.05) is 12.2 Å². The molecule has 0 heterocycles. The average molecular weight is 480 g/mol. The van der Waals surface area contributed by atoms with E-state index in [4.69, 9.17) is 22.1 Å². The van der Waals surface area contributed by atoms with Crippen LogP contribution in [0, 0.1) is 0 Å². The Morgan fingerprint density at radius 2 is 2.00 bits per heavy atom. The van der Waals surface area contributed by atoms with Gasteiger partial charge in [-0.15, -0.1) is 0 Å². The summed E-state index contributed by atoms with van der Waals surface area (Å²) in [5.41, 5.74) is 6.44. The summed E-state index contributed by atoms with van der Waals surface area (Å²) in [7, 11) is 0. The summed E-state index contributed by atoms with van der Waals surface area (Å²) < 4.78 is 5.18. The Labute approximate surface area is 139 Å². The molecule has 106 valence electrons. The fraction of sp³-hybridized carbons (Fsp3) is 0.462. The van der Waals surface area contributed by atoms with Crippen molar-refractivity contribution >= 4 is 50.6 Å². The Kier molecular flexibility index (Phi) is 9.38. The fourth-order valence-corrected chi connectivity index (χ4v) is 1.85. The molecule has 0 fully saturated rings. The van der Waals surface area contributed by atoms with E-state index >= 15 is 0 Å². The molecule has 0 atom stereocenters. The summed E-state index contributed by atoms with van der Waals surface area (Å²) in [6.07, 6.45) is 0. The molecule has 0 saturated carbocycles. The zero-order valence-corrected chi connectivity index (χ0v) is 17.7.